The summed E-state index contributed by atoms with van der Waals surface area (Å²) in [7, 11) is 0. The van der Waals surface area contributed by atoms with Crippen LogP contribution in [0.1, 0.15) is 39.4 Å². The number of nitrogens with two attached hydrogens (primary N) is 2. The zero-order valence-electron chi connectivity index (χ0n) is 35.6. The average Bonchev–Trinajstić information content (AvgIpc) is 3.73. The van der Waals surface area contributed by atoms with Crippen LogP contribution in [-0.2, 0) is 13.0 Å². The summed E-state index contributed by atoms with van der Waals surface area (Å²) in [6, 6.07) is 70.8. The van der Waals surface area contributed by atoms with Crippen molar-refractivity contribution in [1.29, 1.82) is 0 Å². The van der Waals surface area contributed by atoms with Crippen molar-refractivity contribution < 1.29 is 0 Å². The molecule has 1 aromatic heterocycles. The van der Waals surface area contributed by atoms with Crippen LogP contribution in [0.4, 0.5) is 0 Å². The van der Waals surface area contributed by atoms with Crippen LogP contribution in [0.5, 0.6) is 0 Å². The van der Waals surface area contributed by atoms with Crippen LogP contribution in [0.2, 0.25) is 0 Å². The molecule has 0 spiro atoms. The van der Waals surface area contributed by atoms with Gasteiger partial charge in [-0.25, -0.2) is 0 Å². The number of nitrogens with zero attached hydrogens (tertiary/aromatic N) is 2. The summed E-state index contributed by atoms with van der Waals surface area (Å²) in [6.07, 6.45) is 4.87. The third-order valence-electron chi connectivity index (χ3n) is 10.7. The fraction of sp³-hybridized carbons (Fsp3) is 0.0690. The highest BCUT2D eigenvalue weighted by atomic mass is 32.1. The number of hydrogen-bond donors (Lipinski definition) is 2. The Bertz CT molecular complexity index is 2940. The van der Waals surface area contributed by atoms with Gasteiger partial charge < -0.3 is 11.5 Å². The van der Waals surface area contributed by atoms with E-state index in [2.05, 4.69) is 158 Å². The molecule has 1 heterocycles. The standard InChI is InChI=1S/C43H35N3S.C8H9N.C7H8/c1-46-39(28-38(45)30-13-6-3-7-14-30)34-16-10-15-33(27-34)35-24-26-41-43(36-17-8-9-18-40(36)47-41)42(35)32-22-20-31(21-23-32)37(44)25-19-29-11-4-2-5-12-29;1-9-7-8-5-3-2-4-6-8;1-7-5-3-2-4-6-7/h2-18,20-28,38H,1,19,44-45H2;2-6H,1,7H2;2-6H,1H3/b37-25-,39-28-;;. The number of thiophene rings is 1. The van der Waals surface area contributed by atoms with Crippen molar-refractivity contribution in [2.24, 2.45) is 21.5 Å². The van der Waals surface area contributed by atoms with Crippen molar-refractivity contribution >= 4 is 56.3 Å². The quantitative estimate of drug-likeness (QED) is 0.127. The van der Waals surface area contributed by atoms with Crippen LogP contribution in [0.3, 0.4) is 0 Å². The van der Waals surface area contributed by atoms with E-state index in [0.29, 0.717) is 0 Å². The molecular formula is C58H52N4S. The van der Waals surface area contributed by atoms with Crippen molar-refractivity contribution in [2.75, 3.05) is 0 Å². The van der Waals surface area contributed by atoms with Gasteiger partial charge in [-0.2, -0.15) is 0 Å². The first-order valence-corrected chi connectivity index (χ1v) is 21.9. The number of hydrogen-bond acceptors (Lipinski definition) is 5. The Hall–Kier alpha value is -7.44. The van der Waals surface area contributed by atoms with Crippen molar-refractivity contribution in [3.05, 3.63) is 252 Å². The molecule has 8 aromatic carbocycles. The van der Waals surface area contributed by atoms with Gasteiger partial charge in [-0.05, 0) is 95.6 Å². The summed E-state index contributed by atoms with van der Waals surface area (Å²) in [6.45, 7) is 10.1. The molecule has 0 bridgehead atoms. The van der Waals surface area contributed by atoms with E-state index in [1.54, 1.807) is 0 Å². The molecular weight excluding hydrogens is 785 g/mol. The van der Waals surface area contributed by atoms with Gasteiger partial charge in [0.2, 0.25) is 0 Å². The first-order valence-electron chi connectivity index (χ1n) is 21.0. The minimum absolute atomic E-state index is 0.294. The molecule has 0 saturated carbocycles. The molecule has 5 heteroatoms. The number of rotatable bonds is 11. The maximum atomic E-state index is 6.57. The van der Waals surface area contributed by atoms with E-state index in [1.165, 1.54) is 42.4 Å². The topological polar surface area (TPSA) is 76.8 Å². The third-order valence-corrected chi connectivity index (χ3v) is 11.8. The normalized spacial score (nSPS) is 11.8. The maximum absolute atomic E-state index is 6.57. The molecule has 1 atom stereocenters. The van der Waals surface area contributed by atoms with Gasteiger partial charge in [0.1, 0.15) is 0 Å². The lowest BCUT2D eigenvalue weighted by atomic mass is 9.89. The Labute approximate surface area is 376 Å². The Kier molecular flexibility index (Phi) is 15.2. The fourth-order valence-corrected chi connectivity index (χ4v) is 8.53. The molecule has 9 aromatic rings. The summed E-state index contributed by atoms with van der Waals surface area (Å²) < 4.78 is 2.53. The first kappa shape index (κ1) is 43.6. The van der Waals surface area contributed by atoms with Gasteiger partial charge in [0.25, 0.3) is 0 Å². The predicted molar refractivity (Wildman–Crippen MR) is 274 cm³/mol. The molecule has 4 N–H and O–H groups in total. The largest absolute Gasteiger partial charge is 0.398 e. The summed E-state index contributed by atoms with van der Waals surface area (Å²) in [5.74, 6) is 0. The smallest absolute Gasteiger partial charge is 0.0673 e. The average molecular weight is 837 g/mol. The van der Waals surface area contributed by atoms with E-state index < -0.39 is 0 Å². The highest BCUT2D eigenvalue weighted by molar-refractivity contribution is 7.26. The van der Waals surface area contributed by atoms with Crippen LogP contribution in [0.15, 0.2) is 228 Å². The van der Waals surface area contributed by atoms with Gasteiger partial charge in [0, 0.05) is 31.4 Å². The Morgan fingerprint density at radius 3 is 1.86 bits per heavy atom. The summed E-state index contributed by atoms with van der Waals surface area (Å²) in [4.78, 5) is 8.15. The highest BCUT2D eigenvalue weighted by Crippen LogP contribution is 2.45. The monoisotopic (exact) mass is 836 g/mol. The number of aryl methyl sites for hydroxylation is 1. The number of fused-ring (bicyclic) bond motifs is 3. The first-order chi connectivity index (χ1) is 30.9. The lowest BCUT2D eigenvalue weighted by molar-refractivity contribution is 0.911. The molecule has 0 aliphatic carbocycles. The second-order valence-electron chi connectivity index (χ2n) is 15.1. The van der Waals surface area contributed by atoms with E-state index in [9.17, 15) is 0 Å². The summed E-state index contributed by atoms with van der Waals surface area (Å²) >= 11 is 1.83. The van der Waals surface area contributed by atoms with Crippen LogP contribution in [0.25, 0.3) is 53.8 Å². The van der Waals surface area contributed by atoms with E-state index in [4.69, 9.17) is 11.5 Å². The van der Waals surface area contributed by atoms with Gasteiger partial charge in [0.05, 0.1) is 18.3 Å². The van der Waals surface area contributed by atoms with Crippen LogP contribution in [-0.4, -0.2) is 13.4 Å². The van der Waals surface area contributed by atoms with Crippen molar-refractivity contribution in [1.82, 2.24) is 0 Å². The van der Waals surface area contributed by atoms with Crippen LogP contribution >= 0.6 is 11.3 Å². The van der Waals surface area contributed by atoms with Gasteiger partial charge in [-0.15, -0.1) is 11.3 Å². The molecule has 1 unspecified atom stereocenters. The van der Waals surface area contributed by atoms with E-state index in [-0.39, 0.29) is 6.04 Å². The van der Waals surface area contributed by atoms with Gasteiger partial charge >= 0.3 is 0 Å². The van der Waals surface area contributed by atoms with Gasteiger partial charge in [-0.1, -0.05) is 200 Å². The lowest BCUT2D eigenvalue weighted by Crippen LogP contribution is -2.07. The molecule has 0 fully saturated rings. The maximum Gasteiger partial charge on any atom is 0.0673 e. The van der Waals surface area contributed by atoms with Crippen LogP contribution < -0.4 is 11.5 Å². The Morgan fingerprint density at radius 2 is 1.22 bits per heavy atom. The molecule has 9 rings (SSSR count). The van der Waals surface area contributed by atoms with Crippen LogP contribution in [0, 0.1) is 6.92 Å². The molecule has 0 saturated heterocycles. The predicted octanol–water partition coefficient (Wildman–Crippen LogP) is 14.6. The van der Waals surface area contributed by atoms with Crippen molar-refractivity contribution in [3.8, 4) is 22.3 Å². The zero-order chi connectivity index (χ0) is 43.8. The molecule has 4 nitrogen and oxygen atoms in total. The Balaban J connectivity index is 0.000000311. The second kappa shape index (κ2) is 21.9. The van der Waals surface area contributed by atoms with Gasteiger partial charge in [-0.3, -0.25) is 9.98 Å². The number of allylic oxidation sites excluding steroid dienone is 1. The molecule has 310 valence electrons. The number of benzene rings is 8. The summed E-state index contributed by atoms with van der Waals surface area (Å²) in [5, 5.41) is 2.52. The minimum Gasteiger partial charge on any atom is -0.398 e. The molecule has 0 amide bonds. The van der Waals surface area contributed by atoms with Gasteiger partial charge in [0.15, 0.2) is 0 Å². The second-order valence-corrected chi connectivity index (χ2v) is 16.2. The molecule has 63 heavy (non-hydrogen) atoms. The van der Waals surface area contributed by atoms with E-state index in [0.717, 1.165) is 57.7 Å². The Morgan fingerprint density at radius 1 is 0.603 bits per heavy atom. The molecule has 0 aliphatic rings. The van der Waals surface area contributed by atoms with E-state index >= 15 is 0 Å². The lowest BCUT2D eigenvalue weighted by Gasteiger charge is -2.15. The van der Waals surface area contributed by atoms with Crippen molar-refractivity contribution in [2.45, 2.75) is 25.9 Å². The molecule has 0 aliphatic heterocycles. The zero-order valence-corrected chi connectivity index (χ0v) is 36.5. The molecule has 0 radical (unpaired) electrons. The minimum atomic E-state index is -0.294. The summed E-state index contributed by atoms with van der Waals surface area (Å²) in [5.41, 5.74) is 26.0. The highest BCUT2D eigenvalue weighted by Gasteiger charge is 2.17. The SMILES string of the molecule is C=N/C(=C\C(N)c1ccccc1)c1cccc(-c2ccc3sc4ccccc4c3c2-c2ccc(/C(N)=C/Cc3ccccc3)cc2)c1.C=NCc1ccccc1.Cc1ccccc1. The third kappa shape index (κ3) is 11.5. The fourth-order valence-electron chi connectivity index (χ4n) is 7.42. The van der Waals surface area contributed by atoms with E-state index in [1.807, 2.05) is 102 Å². The number of aliphatic imine (C=N–C) groups is 2. The van der Waals surface area contributed by atoms with Crippen molar-refractivity contribution in [3.63, 3.8) is 0 Å².